The van der Waals surface area contributed by atoms with Crippen molar-refractivity contribution in [3.8, 4) is 0 Å². The van der Waals surface area contributed by atoms with Crippen molar-refractivity contribution in [2.75, 3.05) is 0 Å². The molecule has 0 fully saturated rings. The van der Waals surface area contributed by atoms with Crippen LogP contribution in [-0.2, 0) is 0 Å². The number of nitrogens with one attached hydrogen (secondary N) is 1. The zero-order chi connectivity index (χ0) is 22.6. The average Bonchev–Trinajstić information content (AvgIpc) is 3.27. The van der Waals surface area contributed by atoms with Crippen molar-refractivity contribution in [2.45, 2.75) is 168 Å². The van der Waals surface area contributed by atoms with E-state index in [1.807, 2.05) is 0 Å². The quantitative estimate of drug-likeness (QED) is 0.139. The number of H-pyrrole nitrogens is 1. The van der Waals surface area contributed by atoms with Crippen molar-refractivity contribution in [2.24, 2.45) is 0 Å². The molecule has 0 aliphatic rings. The van der Waals surface area contributed by atoms with Crippen LogP contribution >= 0.6 is 0 Å². The first-order valence-corrected chi connectivity index (χ1v) is 14.3. The molecule has 1 aromatic rings. The molecule has 0 aromatic carbocycles. The molecule has 1 aromatic heterocycles. The van der Waals surface area contributed by atoms with Crippen LogP contribution in [0.4, 0.5) is 0 Å². The SMILES string of the molecule is CCCCCCCCCCCCCCCC(CC)c1[nH]cc[n+]1C(C)CCCCCC. The highest BCUT2D eigenvalue weighted by atomic mass is 15.1. The van der Waals surface area contributed by atoms with Crippen molar-refractivity contribution >= 4 is 0 Å². The largest absolute Gasteiger partial charge is 0.257 e. The summed E-state index contributed by atoms with van der Waals surface area (Å²) >= 11 is 0. The van der Waals surface area contributed by atoms with Crippen molar-refractivity contribution in [1.82, 2.24) is 4.98 Å². The smallest absolute Gasteiger partial charge is 0.247 e. The van der Waals surface area contributed by atoms with Crippen LogP contribution in [0.2, 0.25) is 0 Å². The van der Waals surface area contributed by atoms with Gasteiger partial charge in [-0.25, -0.2) is 9.55 Å². The molecule has 0 saturated carbocycles. The molecule has 2 atom stereocenters. The van der Waals surface area contributed by atoms with Gasteiger partial charge in [0.15, 0.2) is 0 Å². The van der Waals surface area contributed by atoms with E-state index in [1.54, 1.807) is 0 Å². The molecule has 0 spiro atoms. The predicted octanol–water partition coefficient (Wildman–Crippen LogP) is 9.81. The normalized spacial score (nSPS) is 13.5. The van der Waals surface area contributed by atoms with E-state index in [1.165, 1.54) is 134 Å². The highest BCUT2D eigenvalue weighted by Crippen LogP contribution is 2.24. The molecule has 0 bridgehead atoms. The second-order valence-corrected chi connectivity index (χ2v) is 10.1. The van der Waals surface area contributed by atoms with E-state index < -0.39 is 0 Å². The van der Waals surface area contributed by atoms with Gasteiger partial charge in [0, 0.05) is 0 Å². The molecule has 2 unspecified atom stereocenters. The third kappa shape index (κ3) is 13.4. The van der Waals surface area contributed by atoms with Gasteiger partial charge in [-0.1, -0.05) is 124 Å². The second kappa shape index (κ2) is 19.9. The zero-order valence-corrected chi connectivity index (χ0v) is 21.9. The fourth-order valence-electron chi connectivity index (χ4n) is 5.02. The van der Waals surface area contributed by atoms with Crippen LogP contribution in [0.25, 0.3) is 0 Å². The Balaban J connectivity index is 2.14. The fraction of sp³-hybridized carbons (Fsp3) is 0.897. The molecule has 0 aliphatic carbocycles. The summed E-state index contributed by atoms with van der Waals surface area (Å²) in [4.78, 5) is 3.60. The van der Waals surface area contributed by atoms with E-state index in [0.29, 0.717) is 12.0 Å². The van der Waals surface area contributed by atoms with Crippen LogP contribution in [0.15, 0.2) is 12.4 Å². The van der Waals surface area contributed by atoms with Gasteiger partial charge in [0.1, 0.15) is 12.4 Å². The molecule has 2 nitrogen and oxygen atoms in total. The van der Waals surface area contributed by atoms with Crippen molar-refractivity contribution < 1.29 is 4.57 Å². The maximum atomic E-state index is 3.60. The first-order valence-electron chi connectivity index (χ1n) is 14.3. The summed E-state index contributed by atoms with van der Waals surface area (Å²) in [5.74, 6) is 2.17. The predicted molar refractivity (Wildman–Crippen MR) is 138 cm³/mol. The minimum absolute atomic E-state index is 0.624. The number of rotatable bonds is 22. The van der Waals surface area contributed by atoms with Crippen LogP contribution in [0.5, 0.6) is 0 Å². The van der Waals surface area contributed by atoms with Gasteiger partial charge in [-0.3, -0.25) is 0 Å². The van der Waals surface area contributed by atoms with Gasteiger partial charge in [-0.05, 0) is 32.6 Å². The van der Waals surface area contributed by atoms with E-state index in [-0.39, 0.29) is 0 Å². The molecule has 2 heteroatoms. The second-order valence-electron chi connectivity index (χ2n) is 10.1. The third-order valence-corrected chi connectivity index (χ3v) is 7.23. The number of hydrogen-bond acceptors (Lipinski definition) is 0. The summed E-state index contributed by atoms with van der Waals surface area (Å²) in [7, 11) is 0. The van der Waals surface area contributed by atoms with Gasteiger partial charge >= 0.3 is 0 Å². The summed E-state index contributed by atoms with van der Waals surface area (Å²) in [6.07, 6.45) is 32.5. The third-order valence-electron chi connectivity index (χ3n) is 7.23. The summed E-state index contributed by atoms with van der Waals surface area (Å²) in [6.45, 7) is 9.37. The Hall–Kier alpha value is -0.790. The minimum Gasteiger partial charge on any atom is -0.247 e. The number of imidazole rings is 1. The molecule has 0 radical (unpaired) electrons. The Morgan fingerprint density at radius 2 is 1.10 bits per heavy atom. The zero-order valence-electron chi connectivity index (χ0n) is 21.9. The Labute approximate surface area is 196 Å². The van der Waals surface area contributed by atoms with Crippen LogP contribution in [-0.4, -0.2) is 4.98 Å². The number of nitrogens with zero attached hydrogens (tertiary/aromatic N) is 1. The summed E-state index contributed by atoms with van der Waals surface area (Å²) in [5, 5.41) is 0. The van der Waals surface area contributed by atoms with Crippen molar-refractivity contribution in [3.63, 3.8) is 0 Å². The monoisotopic (exact) mass is 433 g/mol. The molecule has 0 saturated heterocycles. The van der Waals surface area contributed by atoms with Gasteiger partial charge in [-0.15, -0.1) is 0 Å². The summed E-state index contributed by atoms with van der Waals surface area (Å²) in [6, 6.07) is 0.624. The van der Waals surface area contributed by atoms with Gasteiger partial charge in [0.05, 0.1) is 12.0 Å². The van der Waals surface area contributed by atoms with E-state index in [2.05, 4.69) is 49.6 Å². The molecule has 182 valence electrons. The number of hydrogen-bond donors (Lipinski definition) is 1. The Bertz CT molecular complexity index is 493. The van der Waals surface area contributed by atoms with Crippen LogP contribution in [0, 0.1) is 0 Å². The van der Waals surface area contributed by atoms with Crippen molar-refractivity contribution in [1.29, 1.82) is 0 Å². The highest BCUT2D eigenvalue weighted by molar-refractivity contribution is 4.89. The molecule has 1 heterocycles. The molecule has 0 aliphatic heterocycles. The van der Waals surface area contributed by atoms with E-state index in [9.17, 15) is 0 Å². The van der Waals surface area contributed by atoms with Gasteiger partial charge < -0.3 is 0 Å². The fourth-order valence-corrected chi connectivity index (χ4v) is 5.02. The molecule has 1 N–H and O–H groups in total. The lowest BCUT2D eigenvalue weighted by Crippen LogP contribution is -2.41. The first-order chi connectivity index (χ1) is 15.2. The topological polar surface area (TPSA) is 19.7 Å². The van der Waals surface area contributed by atoms with Crippen LogP contribution in [0.1, 0.15) is 174 Å². The Kier molecular flexibility index (Phi) is 18.1. The number of aromatic amines is 1. The lowest BCUT2D eigenvalue weighted by molar-refractivity contribution is -0.727. The Morgan fingerprint density at radius 3 is 1.61 bits per heavy atom. The van der Waals surface area contributed by atoms with E-state index in [0.717, 1.165) is 0 Å². The standard InChI is InChI=1S/C29H56N2/c1-5-8-10-12-13-14-15-16-17-18-19-20-22-24-28(7-3)29-30-25-26-31(29)27(4)23-21-11-9-6-2/h25-28H,5-24H2,1-4H3/p+1. The highest BCUT2D eigenvalue weighted by Gasteiger charge is 2.24. The van der Waals surface area contributed by atoms with Crippen molar-refractivity contribution in [3.05, 3.63) is 18.2 Å². The molecule has 0 amide bonds. The summed E-state index contributed by atoms with van der Waals surface area (Å²) < 4.78 is 2.54. The van der Waals surface area contributed by atoms with Gasteiger partial charge in [-0.2, -0.15) is 0 Å². The lowest BCUT2D eigenvalue weighted by atomic mass is 9.96. The average molecular weight is 434 g/mol. The maximum Gasteiger partial charge on any atom is 0.257 e. The minimum atomic E-state index is 0.624. The summed E-state index contributed by atoms with van der Waals surface area (Å²) in [5.41, 5.74) is 0. The molecule has 1 rings (SSSR count). The van der Waals surface area contributed by atoms with E-state index >= 15 is 0 Å². The lowest BCUT2D eigenvalue weighted by Gasteiger charge is -2.15. The molecular weight excluding hydrogens is 376 g/mol. The maximum absolute atomic E-state index is 3.60. The van der Waals surface area contributed by atoms with Gasteiger partial charge in [0.2, 0.25) is 0 Å². The van der Waals surface area contributed by atoms with Gasteiger partial charge in [0.25, 0.3) is 5.82 Å². The molecular formula is C29H57N2+. The number of aromatic nitrogens is 2. The van der Waals surface area contributed by atoms with Crippen LogP contribution in [0.3, 0.4) is 0 Å². The Morgan fingerprint density at radius 1 is 0.645 bits per heavy atom. The molecule has 31 heavy (non-hydrogen) atoms. The van der Waals surface area contributed by atoms with E-state index in [4.69, 9.17) is 0 Å². The number of unbranched alkanes of at least 4 members (excludes halogenated alkanes) is 15. The first kappa shape index (κ1) is 28.2. The van der Waals surface area contributed by atoms with Crippen LogP contribution < -0.4 is 4.57 Å².